The van der Waals surface area contributed by atoms with Gasteiger partial charge in [-0.1, -0.05) is 0 Å². The Morgan fingerprint density at radius 2 is 2.06 bits per heavy atom. The molecule has 18 heavy (non-hydrogen) atoms. The summed E-state index contributed by atoms with van der Waals surface area (Å²) in [5, 5.41) is 4.53. The minimum atomic E-state index is -0.418. The number of esters is 1. The lowest BCUT2D eigenvalue weighted by molar-refractivity contribution is 0.0607. The Labute approximate surface area is 110 Å². The molecule has 0 radical (unpaired) electrons. The molecule has 0 atom stereocenters. The van der Waals surface area contributed by atoms with Gasteiger partial charge in [-0.15, -0.1) is 11.3 Å². The van der Waals surface area contributed by atoms with Gasteiger partial charge in [-0.2, -0.15) is 0 Å². The number of amides is 2. The summed E-state index contributed by atoms with van der Waals surface area (Å²) >= 11 is 1.26. The van der Waals surface area contributed by atoms with Gasteiger partial charge in [0.15, 0.2) is 0 Å². The summed E-state index contributed by atoms with van der Waals surface area (Å²) in [6.07, 6.45) is 3.26. The molecule has 0 spiro atoms. The number of anilines is 1. The summed E-state index contributed by atoms with van der Waals surface area (Å²) in [5.74, 6) is -0.418. The van der Waals surface area contributed by atoms with Crippen LogP contribution in [-0.4, -0.2) is 37.1 Å². The fourth-order valence-electron chi connectivity index (χ4n) is 1.95. The number of nitrogens with zero attached hydrogens (tertiary/aromatic N) is 1. The Hall–Kier alpha value is -1.56. The van der Waals surface area contributed by atoms with Crippen molar-refractivity contribution in [3.63, 3.8) is 0 Å². The van der Waals surface area contributed by atoms with Gasteiger partial charge in [0.1, 0.15) is 4.88 Å². The number of methoxy groups -OCH3 is 1. The molecule has 1 aromatic rings. The molecule has 2 heterocycles. The smallest absolute Gasteiger partial charge is 0.350 e. The Balaban J connectivity index is 2.02. The van der Waals surface area contributed by atoms with Crippen LogP contribution in [0.3, 0.4) is 0 Å². The number of nitrogens with one attached hydrogen (secondary N) is 1. The molecule has 0 bridgehead atoms. The summed E-state index contributed by atoms with van der Waals surface area (Å²) in [5.41, 5.74) is 0.530. The van der Waals surface area contributed by atoms with Crippen LogP contribution >= 0.6 is 11.3 Å². The van der Waals surface area contributed by atoms with Crippen LogP contribution in [0.4, 0.5) is 10.5 Å². The second-order valence-electron chi connectivity index (χ2n) is 4.13. The standard InChI is InChI=1S/C12H16N2O3S/c1-17-11(15)10-9(5-8-18-10)13-12(16)14-6-3-2-4-7-14/h5,8H,2-4,6-7H2,1H3,(H,13,16). The molecule has 6 heteroatoms. The molecule has 1 aliphatic heterocycles. The van der Waals surface area contributed by atoms with E-state index in [2.05, 4.69) is 10.1 Å². The molecule has 2 amide bonds. The highest BCUT2D eigenvalue weighted by Crippen LogP contribution is 2.23. The van der Waals surface area contributed by atoms with Crippen LogP contribution in [0.25, 0.3) is 0 Å². The summed E-state index contributed by atoms with van der Waals surface area (Å²) in [4.78, 5) is 25.7. The Bertz CT molecular complexity index is 438. The number of hydrogen-bond donors (Lipinski definition) is 1. The number of carbonyl (C=O) groups excluding carboxylic acids is 2. The number of urea groups is 1. The maximum absolute atomic E-state index is 12.0. The average molecular weight is 268 g/mol. The Morgan fingerprint density at radius 1 is 1.33 bits per heavy atom. The summed E-state index contributed by atoms with van der Waals surface area (Å²) in [6.45, 7) is 1.56. The van der Waals surface area contributed by atoms with Crippen LogP contribution in [0.2, 0.25) is 0 Å². The van der Waals surface area contributed by atoms with Crippen molar-refractivity contribution in [3.05, 3.63) is 16.3 Å². The molecule has 98 valence electrons. The molecule has 0 aliphatic carbocycles. The molecule has 1 saturated heterocycles. The van der Waals surface area contributed by atoms with Gasteiger partial charge in [0, 0.05) is 13.1 Å². The van der Waals surface area contributed by atoms with Crippen molar-refractivity contribution >= 4 is 29.0 Å². The minimum Gasteiger partial charge on any atom is -0.465 e. The second-order valence-corrected chi connectivity index (χ2v) is 5.05. The largest absolute Gasteiger partial charge is 0.465 e. The summed E-state index contributed by atoms with van der Waals surface area (Å²) in [6, 6.07) is 1.58. The van der Waals surface area contributed by atoms with Gasteiger partial charge in [-0.3, -0.25) is 0 Å². The van der Waals surface area contributed by atoms with Gasteiger partial charge in [-0.25, -0.2) is 9.59 Å². The lowest BCUT2D eigenvalue weighted by atomic mass is 10.1. The van der Waals surface area contributed by atoms with E-state index in [4.69, 9.17) is 0 Å². The van der Waals surface area contributed by atoms with Crippen molar-refractivity contribution in [2.75, 3.05) is 25.5 Å². The molecular formula is C12H16N2O3S. The van der Waals surface area contributed by atoms with Gasteiger partial charge in [0.05, 0.1) is 12.8 Å². The fraction of sp³-hybridized carbons (Fsp3) is 0.500. The van der Waals surface area contributed by atoms with Crippen molar-refractivity contribution in [1.82, 2.24) is 4.90 Å². The number of likely N-dealkylation sites (tertiary alicyclic amines) is 1. The van der Waals surface area contributed by atoms with Gasteiger partial charge in [0.2, 0.25) is 0 Å². The second kappa shape index (κ2) is 5.86. The van der Waals surface area contributed by atoms with Gasteiger partial charge >= 0.3 is 12.0 Å². The molecule has 0 unspecified atom stereocenters. The number of thiophene rings is 1. The van der Waals surface area contributed by atoms with Crippen LogP contribution in [-0.2, 0) is 4.74 Å². The van der Waals surface area contributed by atoms with E-state index < -0.39 is 5.97 Å². The zero-order valence-corrected chi connectivity index (χ0v) is 11.1. The summed E-state index contributed by atoms with van der Waals surface area (Å²) < 4.78 is 4.67. The first-order chi connectivity index (χ1) is 8.72. The van der Waals surface area contributed by atoms with E-state index in [-0.39, 0.29) is 6.03 Å². The van der Waals surface area contributed by atoms with Crippen LogP contribution < -0.4 is 5.32 Å². The van der Waals surface area contributed by atoms with Gasteiger partial charge < -0.3 is 15.0 Å². The third-order valence-corrected chi connectivity index (χ3v) is 3.82. The van der Waals surface area contributed by atoms with Crippen LogP contribution in [0.15, 0.2) is 11.4 Å². The lowest BCUT2D eigenvalue weighted by Gasteiger charge is -2.26. The van der Waals surface area contributed by atoms with Crippen LogP contribution in [0, 0.1) is 0 Å². The first-order valence-electron chi connectivity index (χ1n) is 5.94. The predicted molar refractivity (Wildman–Crippen MR) is 70.1 cm³/mol. The molecule has 0 saturated carbocycles. The molecule has 5 nitrogen and oxygen atoms in total. The average Bonchev–Trinajstić information content (AvgIpc) is 2.87. The molecule has 1 fully saturated rings. The first-order valence-corrected chi connectivity index (χ1v) is 6.82. The molecule has 0 aromatic carbocycles. The lowest BCUT2D eigenvalue weighted by Crippen LogP contribution is -2.38. The van der Waals surface area contributed by atoms with Crippen molar-refractivity contribution in [1.29, 1.82) is 0 Å². The first kappa shape index (κ1) is 12.9. The third kappa shape index (κ3) is 2.81. The van der Waals surface area contributed by atoms with E-state index >= 15 is 0 Å². The van der Waals surface area contributed by atoms with Crippen molar-refractivity contribution < 1.29 is 14.3 Å². The topological polar surface area (TPSA) is 58.6 Å². The minimum absolute atomic E-state index is 0.141. The number of rotatable bonds is 2. The number of ether oxygens (including phenoxy) is 1. The van der Waals surface area contributed by atoms with Crippen molar-refractivity contribution in [2.24, 2.45) is 0 Å². The van der Waals surface area contributed by atoms with E-state index in [9.17, 15) is 9.59 Å². The zero-order chi connectivity index (χ0) is 13.0. The number of carbonyl (C=O) groups is 2. The molecule has 1 N–H and O–H groups in total. The highest BCUT2D eigenvalue weighted by atomic mass is 32.1. The van der Waals surface area contributed by atoms with Crippen molar-refractivity contribution in [2.45, 2.75) is 19.3 Å². The molecule has 1 aliphatic rings. The van der Waals surface area contributed by atoms with Crippen LogP contribution in [0.1, 0.15) is 28.9 Å². The van der Waals surface area contributed by atoms with E-state index in [1.54, 1.807) is 16.3 Å². The summed E-state index contributed by atoms with van der Waals surface area (Å²) in [7, 11) is 1.33. The predicted octanol–water partition coefficient (Wildman–Crippen LogP) is 2.55. The Kier molecular flexibility index (Phi) is 4.19. The third-order valence-electron chi connectivity index (χ3n) is 2.92. The number of hydrogen-bond acceptors (Lipinski definition) is 4. The van der Waals surface area contributed by atoms with Gasteiger partial charge in [-0.05, 0) is 30.7 Å². The highest BCUT2D eigenvalue weighted by Gasteiger charge is 2.20. The molecule has 2 rings (SSSR count). The maximum atomic E-state index is 12.0. The normalized spacial score (nSPS) is 15.3. The molecule has 1 aromatic heterocycles. The monoisotopic (exact) mass is 268 g/mol. The van der Waals surface area contributed by atoms with E-state index in [0.717, 1.165) is 25.9 Å². The maximum Gasteiger partial charge on any atom is 0.350 e. The number of piperidine rings is 1. The van der Waals surface area contributed by atoms with E-state index in [0.29, 0.717) is 10.6 Å². The quantitative estimate of drug-likeness (QED) is 0.839. The van der Waals surface area contributed by atoms with E-state index in [1.807, 2.05) is 0 Å². The van der Waals surface area contributed by atoms with Gasteiger partial charge in [0.25, 0.3) is 0 Å². The van der Waals surface area contributed by atoms with Crippen molar-refractivity contribution in [3.8, 4) is 0 Å². The highest BCUT2D eigenvalue weighted by molar-refractivity contribution is 7.12. The van der Waals surface area contributed by atoms with Crippen LogP contribution in [0.5, 0.6) is 0 Å². The Morgan fingerprint density at radius 3 is 2.72 bits per heavy atom. The van der Waals surface area contributed by atoms with E-state index in [1.165, 1.54) is 24.9 Å². The SMILES string of the molecule is COC(=O)c1sccc1NC(=O)N1CCCCC1. The zero-order valence-electron chi connectivity index (χ0n) is 10.3. The fourth-order valence-corrected chi connectivity index (χ4v) is 2.72. The molecular weight excluding hydrogens is 252 g/mol.